The SMILES string of the molecule is O=C1CCc2ccc(OCc3noc(C(=O)NCc4cccc(Cl)c4)n3)cc2N1. The summed E-state index contributed by atoms with van der Waals surface area (Å²) in [5.41, 5.74) is 2.66. The van der Waals surface area contributed by atoms with Gasteiger partial charge >= 0.3 is 11.8 Å². The molecule has 1 aromatic heterocycles. The second kappa shape index (κ2) is 8.32. The highest BCUT2D eigenvalue weighted by Gasteiger charge is 2.17. The molecule has 0 aliphatic carbocycles. The Bertz CT molecular complexity index is 1070. The first-order valence-electron chi connectivity index (χ1n) is 8.97. The lowest BCUT2D eigenvalue weighted by atomic mass is 10.0. The van der Waals surface area contributed by atoms with E-state index in [0.29, 0.717) is 23.6 Å². The normalized spacial score (nSPS) is 12.8. The highest BCUT2D eigenvalue weighted by atomic mass is 35.5. The molecule has 0 spiro atoms. The van der Waals surface area contributed by atoms with E-state index >= 15 is 0 Å². The molecule has 2 amide bonds. The molecule has 1 aliphatic heterocycles. The van der Waals surface area contributed by atoms with Crippen molar-refractivity contribution in [1.29, 1.82) is 0 Å². The number of benzene rings is 2. The number of amides is 2. The third-order valence-corrected chi connectivity index (χ3v) is 4.58. The summed E-state index contributed by atoms with van der Waals surface area (Å²) < 4.78 is 10.6. The minimum atomic E-state index is -0.486. The van der Waals surface area contributed by atoms with Gasteiger partial charge in [0.1, 0.15) is 5.75 Å². The second-order valence-electron chi connectivity index (χ2n) is 6.48. The van der Waals surface area contributed by atoms with Crippen LogP contribution in [0.25, 0.3) is 0 Å². The van der Waals surface area contributed by atoms with E-state index in [-0.39, 0.29) is 30.8 Å². The van der Waals surface area contributed by atoms with Gasteiger partial charge in [0, 0.05) is 29.7 Å². The molecule has 2 heterocycles. The molecule has 3 aromatic rings. The number of nitrogens with zero attached hydrogens (tertiary/aromatic N) is 2. The monoisotopic (exact) mass is 412 g/mol. The number of fused-ring (bicyclic) bond motifs is 1. The van der Waals surface area contributed by atoms with Gasteiger partial charge in [-0.25, -0.2) is 0 Å². The average molecular weight is 413 g/mol. The fourth-order valence-corrected chi connectivity index (χ4v) is 3.11. The number of anilines is 1. The van der Waals surface area contributed by atoms with Gasteiger partial charge in [0.05, 0.1) is 0 Å². The summed E-state index contributed by atoms with van der Waals surface area (Å²) in [6, 6.07) is 12.6. The predicted molar refractivity (Wildman–Crippen MR) is 105 cm³/mol. The lowest BCUT2D eigenvalue weighted by Gasteiger charge is -2.17. The van der Waals surface area contributed by atoms with Gasteiger partial charge in [-0.2, -0.15) is 4.98 Å². The Morgan fingerprint density at radius 1 is 1.24 bits per heavy atom. The number of carbonyl (C=O) groups excluding carboxylic acids is 2. The van der Waals surface area contributed by atoms with E-state index in [1.807, 2.05) is 18.2 Å². The van der Waals surface area contributed by atoms with Crippen molar-refractivity contribution in [2.24, 2.45) is 0 Å². The van der Waals surface area contributed by atoms with Gasteiger partial charge in [-0.15, -0.1) is 0 Å². The largest absolute Gasteiger partial charge is 0.485 e. The Morgan fingerprint density at radius 2 is 2.14 bits per heavy atom. The first kappa shape index (κ1) is 18.9. The number of aryl methyl sites for hydroxylation is 1. The highest BCUT2D eigenvalue weighted by molar-refractivity contribution is 6.30. The molecular formula is C20H17ClN4O4. The zero-order valence-corrected chi connectivity index (χ0v) is 16.0. The lowest BCUT2D eigenvalue weighted by Crippen LogP contribution is -2.23. The van der Waals surface area contributed by atoms with E-state index in [4.69, 9.17) is 20.9 Å². The summed E-state index contributed by atoms with van der Waals surface area (Å²) in [6.07, 6.45) is 1.19. The molecule has 148 valence electrons. The zero-order chi connectivity index (χ0) is 20.2. The Labute approximate surface area is 171 Å². The van der Waals surface area contributed by atoms with Gasteiger partial charge in [-0.1, -0.05) is 35.0 Å². The van der Waals surface area contributed by atoms with E-state index in [1.54, 1.807) is 24.3 Å². The van der Waals surface area contributed by atoms with E-state index in [2.05, 4.69) is 20.8 Å². The molecule has 2 aromatic carbocycles. The number of ether oxygens (including phenoxy) is 1. The van der Waals surface area contributed by atoms with Crippen molar-refractivity contribution in [2.75, 3.05) is 5.32 Å². The minimum absolute atomic E-state index is 0.0127. The maximum Gasteiger partial charge on any atom is 0.316 e. The molecule has 4 rings (SSSR count). The van der Waals surface area contributed by atoms with Gasteiger partial charge in [0.25, 0.3) is 0 Å². The van der Waals surface area contributed by atoms with Crippen LogP contribution in [-0.4, -0.2) is 22.0 Å². The Balaban J connectivity index is 1.33. The molecule has 8 nitrogen and oxygen atoms in total. The number of hydrogen-bond donors (Lipinski definition) is 2. The summed E-state index contributed by atoms with van der Waals surface area (Å²) in [6.45, 7) is 0.312. The molecule has 0 bridgehead atoms. The van der Waals surface area contributed by atoms with Crippen molar-refractivity contribution in [3.8, 4) is 5.75 Å². The van der Waals surface area contributed by atoms with Crippen LogP contribution in [0.1, 0.15) is 34.1 Å². The first-order valence-corrected chi connectivity index (χ1v) is 9.35. The summed E-state index contributed by atoms with van der Waals surface area (Å²) >= 11 is 5.92. The van der Waals surface area contributed by atoms with E-state index in [1.165, 1.54) is 0 Å². The van der Waals surface area contributed by atoms with Gasteiger partial charge in [0.15, 0.2) is 6.61 Å². The molecule has 0 saturated carbocycles. The van der Waals surface area contributed by atoms with Gasteiger partial charge in [0.2, 0.25) is 11.7 Å². The van der Waals surface area contributed by atoms with Crippen LogP contribution >= 0.6 is 11.6 Å². The predicted octanol–water partition coefficient (Wildman–Crippen LogP) is 3.12. The molecule has 9 heteroatoms. The van der Waals surface area contributed by atoms with Crippen molar-refractivity contribution in [3.05, 3.63) is 70.3 Å². The van der Waals surface area contributed by atoms with E-state index < -0.39 is 5.91 Å². The van der Waals surface area contributed by atoms with Crippen LogP contribution in [0.5, 0.6) is 5.75 Å². The number of hydrogen-bond acceptors (Lipinski definition) is 6. The fraction of sp³-hybridized carbons (Fsp3) is 0.200. The lowest BCUT2D eigenvalue weighted by molar-refractivity contribution is -0.116. The molecule has 0 fully saturated rings. The Hall–Kier alpha value is -3.39. The topological polar surface area (TPSA) is 106 Å². The highest BCUT2D eigenvalue weighted by Crippen LogP contribution is 2.27. The Kier molecular flexibility index (Phi) is 5.44. The van der Waals surface area contributed by atoms with E-state index in [9.17, 15) is 9.59 Å². The quantitative estimate of drug-likeness (QED) is 0.644. The number of rotatable bonds is 6. The number of carbonyl (C=O) groups is 2. The first-order chi connectivity index (χ1) is 14.1. The molecule has 29 heavy (non-hydrogen) atoms. The summed E-state index contributed by atoms with van der Waals surface area (Å²) in [4.78, 5) is 27.7. The van der Waals surface area contributed by atoms with E-state index in [0.717, 1.165) is 16.8 Å². The van der Waals surface area contributed by atoms with Crippen LogP contribution in [0.3, 0.4) is 0 Å². The molecule has 0 saturated heterocycles. The molecular weight excluding hydrogens is 396 g/mol. The van der Waals surface area contributed by atoms with Crippen molar-refractivity contribution >= 4 is 29.1 Å². The third-order valence-electron chi connectivity index (χ3n) is 4.35. The van der Waals surface area contributed by atoms with Crippen LogP contribution < -0.4 is 15.4 Å². The van der Waals surface area contributed by atoms with Crippen LogP contribution in [0, 0.1) is 0 Å². The number of aromatic nitrogens is 2. The average Bonchev–Trinajstić information content (AvgIpc) is 3.19. The Morgan fingerprint density at radius 3 is 3.00 bits per heavy atom. The van der Waals surface area contributed by atoms with Gasteiger partial charge < -0.3 is 19.9 Å². The second-order valence-corrected chi connectivity index (χ2v) is 6.92. The van der Waals surface area contributed by atoms with Crippen molar-refractivity contribution < 1.29 is 18.8 Å². The molecule has 0 atom stereocenters. The molecule has 2 N–H and O–H groups in total. The molecule has 1 aliphatic rings. The minimum Gasteiger partial charge on any atom is -0.485 e. The summed E-state index contributed by atoms with van der Waals surface area (Å²) in [5.74, 6) is 0.146. The van der Waals surface area contributed by atoms with Crippen LogP contribution in [-0.2, 0) is 24.4 Å². The smallest absolute Gasteiger partial charge is 0.316 e. The van der Waals surface area contributed by atoms with Crippen molar-refractivity contribution in [3.63, 3.8) is 0 Å². The maximum atomic E-state index is 12.2. The van der Waals surface area contributed by atoms with Crippen LogP contribution in [0.4, 0.5) is 5.69 Å². The summed E-state index contributed by atoms with van der Waals surface area (Å²) in [5, 5.41) is 9.86. The third kappa shape index (κ3) is 4.72. The van der Waals surface area contributed by atoms with Gasteiger partial charge in [-0.05, 0) is 35.7 Å². The zero-order valence-electron chi connectivity index (χ0n) is 15.3. The standard InChI is InChI=1S/C20H17ClN4O4/c21-14-3-1-2-12(8-14)10-22-19(27)20-24-17(25-29-20)11-28-15-6-4-13-5-7-18(26)23-16(13)9-15/h1-4,6,8-9H,5,7,10-11H2,(H,22,27)(H,23,26). The molecule has 0 radical (unpaired) electrons. The molecule has 0 unspecified atom stereocenters. The van der Waals surface area contributed by atoms with Crippen LogP contribution in [0.15, 0.2) is 47.0 Å². The summed E-state index contributed by atoms with van der Waals surface area (Å²) in [7, 11) is 0. The van der Waals surface area contributed by atoms with Crippen LogP contribution in [0.2, 0.25) is 5.02 Å². The van der Waals surface area contributed by atoms with Crippen molar-refractivity contribution in [2.45, 2.75) is 26.0 Å². The van der Waals surface area contributed by atoms with Crippen molar-refractivity contribution in [1.82, 2.24) is 15.5 Å². The maximum absolute atomic E-state index is 12.2. The number of nitrogens with one attached hydrogen (secondary N) is 2. The van der Waals surface area contributed by atoms with Gasteiger partial charge in [-0.3, -0.25) is 9.59 Å². The number of halogens is 1. The fourth-order valence-electron chi connectivity index (χ4n) is 2.90.